The van der Waals surface area contributed by atoms with E-state index < -0.39 is 17.2 Å². The first-order valence-corrected chi connectivity index (χ1v) is 6.15. The number of aromatic amines is 1. The van der Waals surface area contributed by atoms with Crippen LogP contribution in [0, 0.1) is 5.82 Å². The van der Waals surface area contributed by atoms with Gasteiger partial charge in [-0.05, 0) is 25.0 Å². The third-order valence-electron chi connectivity index (χ3n) is 2.94. The van der Waals surface area contributed by atoms with Gasteiger partial charge in [-0.1, -0.05) is 11.6 Å². The highest BCUT2D eigenvalue weighted by Crippen LogP contribution is 2.25. The van der Waals surface area contributed by atoms with E-state index in [1.807, 2.05) is 0 Å². The number of fused-ring (bicyclic) bond motifs is 1. The molecule has 0 radical (unpaired) electrons. The van der Waals surface area contributed by atoms with E-state index in [1.54, 1.807) is 0 Å². The fraction of sp³-hybridized carbons (Fsp3) is 0.231. The smallest absolute Gasteiger partial charge is 0.343 e. The predicted molar refractivity (Wildman–Crippen MR) is 68.0 cm³/mol. The van der Waals surface area contributed by atoms with Gasteiger partial charge in [-0.25, -0.2) is 9.18 Å². The largest absolute Gasteiger partial charge is 0.459 e. The summed E-state index contributed by atoms with van der Waals surface area (Å²) in [7, 11) is 0. The van der Waals surface area contributed by atoms with Gasteiger partial charge in [-0.3, -0.25) is 4.79 Å². The highest BCUT2D eigenvalue weighted by Gasteiger charge is 2.27. The molecule has 1 aliphatic carbocycles. The van der Waals surface area contributed by atoms with Crippen LogP contribution < -0.4 is 5.43 Å². The molecule has 1 saturated carbocycles. The van der Waals surface area contributed by atoms with Gasteiger partial charge in [0.05, 0.1) is 10.5 Å². The minimum Gasteiger partial charge on any atom is -0.459 e. The van der Waals surface area contributed by atoms with Crippen LogP contribution in [0.4, 0.5) is 4.39 Å². The van der Waals surface area contributed by atoms with Crippen molar-refractivity contribution in [2.45, 2.75) is 18.9 Å². The fourth-order valence-corrected chi connectivity index (χ4v) is 1.93. The Morgan fingerprint density at radius 3 is 2.84 bits per heavy atom. The van der Waals surface area contributed by atoms with E-state index in [2.05, 4.69) is 4.98 Å². The number of hydrogen-bond acceptors (Lipinski definition) is 3. The zero-order valence-electron chi connectivity index (χ0n) is 9.70. The average Bonchev–Trinajstić information content (AvgIpc) is 3.16. The number of hydrogen-bond donors (Lipinski definition) is 1. The quantitative estimate of drug-likeness (QED) is 0.861. The van der Waals surface area contributed by atoms with Gasteiger partial charge in [0.2, 0.25) is 5.43 Å². The molecule has 1 aliphatic rings. The second kappa shape index (κ2) is 4.35. The molecular weight excluding hydrogens is 273 g/mol. The molecular formula is C13H9ClFNO3. The zero-order valence-corrected chi connectivity index (χ0v) is 10.5. The monoisotopic (exact) mass is 281 g/mol. The van der Waals surface area contributed by atoms with E-state index in [-0.39, 0.29) is 22.1 Å². The summed E-state index contributed by atoms with van der Waals surface area (Å²) >= 11 is 5.63. The number of aromatic nitrogens is 1. The third kappa shape index (κ3) is 2.21. The Balaban J connectivity index is 2.11. The molecule has 3 rings (SSSR count). The summed E-state index contributed by atoms with van der Waals surface area (Å²) in [5.41, 5.74) is -0.310. The van der Waals surface area contributed by atoms with Crippen molar-refractivity contribution in [2.24, 2.45) is 0 Å². The van der Waals surface area contributed by atoms with Gasteiger partial charge in [-0.2, -0.15) is 0 Å². The maximum absolute atomic E-state index is 13.4. The topological polar surface area (TPSA) is 59.2 Å². The highest BCUT2D eigenvalue weighted by atomic mass is 35.5. The number of nitrogens with one attached hydrogen (secondary N) is 1. The highest BCUT2D eigenvalue weighted by molar-refractivity contribution is 6.31. The molecule has 4 nitrogen and oxygen atoms in total. The molecule has 1 fully saturated rings. The van der Waals surface area contributed by atoms with Crippen LogP contribution in [-0.2, 0) is 4.74 Å². The van der Waals surface area contributed by atoms with Crippen molar-refractivity contribution in [1.82, 2.24) is 4.98 Å². The molecule has 0 aliphatic heterocycles. The van der Waals surface area contributed by atoms with Crippen LogP contribution in [0.15, 0.2) is 23.1 Å². The Hall–Kier alpha value is -1.88. The second-order valence-corrected chi connectivity index (χ2v) is 4.86. The van der Waals surface area contributed by atoms with Crippen molar-refractivity contribution >= 4 is 28.5 Å². The van der Waals surface area contributed by atoms with Gasteiger partial charge < -0.3 is 9.72 Å². The van der Waals surface area contributed by atoms with Gasteiger partial charge in [0.15, 0.2) is 0 Å². The lowest BCUT2D eigenvalue weighted by molar-refractivity contribution is 0.0470. The molecule has 1 N–H and O–H groups in total. The van der Waals surface area contributed by atoms with Crippen molar-refractivity contribution in [3.05, 3.63) is 45.0 Å². The molecule has 0 bridgehead atoms. The Bertz CT molecular complexity index is 736. The lowest BCUT2D eigenvalue weighted by Crippen LogP contribution is -2.19. The molecule has 0 spiro atoms. The molecule has 0 amide bonds. The molecule has 6 heteroatoms. The zero-order chi connectivity index (χ0) is 13.6. The molecule has 98 valence electrons. The van der Waals surface area contributed by atoms with E-state index in [1.165, 1.54) is 12.3 Å². The molecule has 1 aromatic carbocycles. The number of ether oxygens (including phenoxy) is 1. The summed E-state index contributed by atoms with van der Waals surface area (Å²) in [6, 6.07) is 2.33. The summed E-state index contributed by atoms with van der Waals surface area (Å²) in [5, 5.41) is -0.0106. The Morgan fingerprint density at radius 1 is 1.42 bits per heavy atom. The fourth-order valence-electron chi connectivity index (χ4n) is 1.77. The number of carbonyl (C=O) groups excluding carboxylic acids is 1. The van der Waals surface area contributed by atoms with Crippen LogP contribution in [-0.4, -0.2) is 17.1 Å². The van der Waals surface area contributed by atoms with Crippen LogP contribution in [0.5, 0.6) is 0 Å². The van der Waals surface area contributed by atoms with Gasteiger partial charge in [0.1, 0.15) is 17.5 Å². The van der Waals surface area contributed by atoms with Crippen LogP contribution in [0.2, 0.25) is 5.02 Å². The number of rotatable bonds is 2. The molecule has 1 aromatic heterocycles. The maximum atomic E-state index is 13.4. The van der Waals surface area contributed by atoms with Gasteiger partial charge in [-0.15, -0.1) is 0 Å². The average molecular weight is 282 g/mol. The van der Waals surface area contributed by atoms with Crippen LogP contribution in [0.3, 0.4) is 0 Å². The number of H-pyrrole nitrogens is 1. The van der Waals surface area contributed by atoms with E-state index in [9.17, 15) is 14.0 Å². The minimum absolute atomic E-state index is 0.0761. The van der Waals surface area contributed by atoms with Crippen molar-refractivity contribution in [1.29, 1.82) is 0 Å². The molecule has 0 saturated heterocycles. The van der Waals surface area contributed by atoms with E-state index in [0.717, 1.165) is 18.9 Å². The Morgan fingerprint density at radius 2 is 2.16 bits per heavy atom. The normalized spacial score (nSPS) is 14.6. The lowest BCUT2D eigenvalue weighted by atomic mass is 10.1. The SMILES string of the molecule is O=C(OC1CC1)c1c[nH]c2cc(Cl)c(F)cc2c1=O. The maximum Gasteiger partial charge on any atom is 0.343 e. The summed E-state index contributed by atoms with van der Waals surface area (Å²) in [6.07, 6.45) is 2.82. The molecule has 1 heterocycles. The van der Waals surface area contributed by atoms with E-state index >= 15 is 0 Å². The minimum atomic E-state index is -0.702. The molecule has 19 heavy (non-hydrogen) atoms. The first-order chi connectivity index (χ1) is 9.06. The molecule has 0 unspecified atom stereocenters. The summed E-state index contributed by atoms with van der Waals surface area (Å²) in [6.45, 7) is 0. The Kier molecular flexibility index (Phi) is 2.78. The van der Waals surface area contributed by atoms with Crippen LogP contribution in [0.1, 0.15) is 23.2 Å². The molecule has 2 aromatic rings. The van der Waals surface area contributed by atoms with Crippen molar-refractivity contribution < 1.29 is 13.9 Å². The first kappa shape index (κ1) is 12.2. The number of halogens is 2. The second-order valence-electron chi connectivity index (χ2n) is 4.45. The first-order valence-electron chi connectivity index (χ1n) is 5.77. The number of benzene rings is 1. The summed E-state index contributed by atoms with van der Waals surface area (Å²) in [5.74, 6) is -1.38. The Labute approximate surface area is 112 Å². The van der Waals surface area contributed by atoms with Crippen molar-refractivity contribution in [3.8, 4) is 0 Å². The number of pyridine rings is 1. The standard InChI is InChI=1S/C13H9ClFNO3/c14-9-4-11-7(3-10(9)15)12(17)8(5-16-11)13(18)19-6-1-2-6/h3-6H,1-2H2,(H,16,17). The number of esters is 1. The lowest BCUT2D eigenvalue weighted by Gasteiger charge is -2.04. The summed E-state index contributed by atoms with van der Waals surface area (Å²) < 4.78 is 18.4. The van der Waals surface area contributed by atoms with Crippen molar-refractivity contribution in [3.63, 3.8) is 0 Å². The summed E-state index contributed by atoms with van der Waals surface area (Å²) in [4.78, 5) is 26.6. The molecule has 0 atom stereocenters. The van der Waals surface area contributed by atoms with E-state index in [0.29, 0.717) is 5.52 Å². The van der Waals surface area contributed by atoms with E-state index in [4.69, 9.17) is 16.3 Å². The number of carbonyl (C=O) groups is 1. The van der Waals surface area contributed by atoms with Gasteiger partial charge in [0, 0.05) is 11.6 Å². The van der Waals surface area contributed by atoms with Gasteiger partial charge in [0.25, 0.3) is 0 Å². The van der Waals surface area contributed by atoms with Gasteiger partial charge >= 0.3 is 5.97 Å². The van der Waals surface area contributed by atoms with Crippen LogP contribution in [0.25, 0.3) is 10.9 Å². The van der Waals surface area contributed by atoms with Crippen LogP contribution >= 0.6 is 11.6 Å². The third-order valence-corrected chi connectivity index (χ3v) is 3.23. The van der Waals surface area contributed by atoms with Crippen molar-refractivity contribution in [2.75, 3.05) is 0 Å². The predicted octanol–water partition coefficient (Wildman–Crippen LogP) is 2.64.